The van der Waals surface area contributed by atoms with Crippen molar-refractivity contribution in [2.24, 2.45) is 5.92 Å². The van der Waals surface area contributed by atoms with E-state index in [1.54, 1.807) is 6.07 Å². The van der Waals surface area contributed by atoms with Gasteiger partial charge in [0.15, 0.2) is 5.01 Å². The van der Waals surface area contributed by atoms with Gasteiger partial charge in [-0.05, 0) is 79.8 Å². The van der Waals surface area contributed by atoms with Crippen LogP contribution >= 0.6 is 11.3 Å². The highest BCUT2D eigenvalue weighted by Gasteiger charge is 2.24. The number of carbonyl (C=O) groups excluding carboxylic acids is 1. The summed E-state index contributed by atoms with van der Waals surface area (Å²) in [7, 11) is 0. The topological polar surface area (TPSA) is 57.3 Å². The minimum absolute atomic E-state index is 0.122. The molecule has 1 saturated heterocycles. The highest BCUT2D eigenvalue weighted by Crippen LogP contribution is 2.32. The van der Waals surface area contributed by atoms with Gasteiger partial charge in [-0.15, -0.1) is 11.3 Å². The molecule has 1 amide bonds. The molecule has 1 aliphatic carbocycles. The van der Waals surface area contributed by atoms with Gasteiger partial charge < -0.3 is 15.5 Å². The smallest absolute Gasteiger partial charge is 0.280 e. The van der Waals surface area contributed by atoms with Crippen LogP contribution in [0.3, 0.4) is 0 Å². The molecule has 1 fully saturated rings. The Morgan fingerprint density at radius 1 is 1.32 bits per heavy atom. The van der Waals surface area contributed by atoms with Crippen molar-refractivity contribution >= 4 is 34.7 Å². The maximum absolute atomic E-state index is 13.7. The van der Waals surface area contributed by atoms with Gasteiger partial charge in [-0.1, -0.05) is 12.7 Å². The SMILES string of the molecule is C=C1C=CC(N2CCc3cc(F)ccc32)=c2nc(C(=O)NCC3CCNCC3)sc2=C1. The zero-order valence-corrected chi connectivity index (χ0v) is 18.1. The number of aromatic nitrogens is 1. The Bertz CT molecular complexity index is 1190. The van der Waals surface area contributed by atoms with Gasteiger partial charge in [0, 0.05) is 18.8 Å². The Morgan fingerprint density at radius 3 is 3.00 bits per heavy atom. The summed E-state index contributed by atoms with van der Waals surface area (Å²) in [4.78, 5) is 19.7. The minimum atomic E-state index is -0.217. The lowest BCUT2D eigenvalue weighted by Gasteiger charge is -2.22. The van der Waals surface area contributed by atoms with Gasteiger partial charge in [-0.25, -0.2) is 9.37 Å². The van der Waals surface area contributed by atoms with Crippen LogP contribution in [0.4, 0.5) is 10.1 Å². The normalized spacial score (nSPS) is 18.4. The highest BCUT2D eigenvalue weighted by molar-refractivity contribution is 7.11. The third-order valence-corrected chi connectivity index (χ3v) is 7.10. The lowest BCUT2D eigenvalue weighted by atomic mass is 9.98. The van der Waals surface area contributed by atoms with Crippen LogP contribution in [0.15, 0.2) is 42.5 Å². The average Bonchev–Trinajstić information content (AvgIpc) is 3.34. The van der Waals surface area contributed by atoms with E-state index in [0.717, 1.165) is 71.3 Å². The van der Waals surface area contributed by atoms with E-state index in [2.05, 4.69) is 22.1 Å². The first-order valence-electron chi connectivity index (χ1n) is 10.7. The van der Waals surface area contributed by atoms with Gasteiger partial charge in [-0.3, -0.25) is 4.79 Å². The molecule has 0 radical (unpaired) electrons. The number of carbonyl (C=O) groups is 1. The summed E-state index contributed by atoms with van der Waals surface area (Å²) in [6.45, 7) is 7.54. The monoisotopic (exact) mass is 436 g/mol. The van der Waals surface area contributed by atoms with E-state index in [-0.39, 0.29) is 11.7 Å². The van der Waals surface area contributed by atoms with Gasteiger partial charge in [0.05, 0.1) is 10.2 Å². The first kappa shape index (κ1) is 20.2. The van der Waals surface area contributed by atoms with Crippen molar-refractivity contribution < 1.29 is 9.18 Å². The number of rotatable bonds is 4. The molecule has 1 aromatic carbocycles. The molecule has 2 N–H and O–H groups in total. The zero-order chi connectivity index (χ0) is 21.4. The summed E-state index contributed by atoms with van der Waals surface area (Å²) in [6, 6.07) is 4.91. The number of anilines is 1. The zero-order valence-electron chi connectivity index (χ0n) is 17.3. The van der Waals surface area contributed by atoms with E-state index in [4.69, 9.17) is 4.98 Å². The lowest BCUT2D eigenvalue weighted by molar-refractivity contribution is 0.0943. The molecule has 0 unspecified atom stereocenters. The lowest BCUT2D eigenvalue weighted by Crippen LogP contribution is -2.36. The van der Waals surface area contributed by atoms with Crippen molar-refractivity contribution in [1.29, 1.82) is 0 Å². The summed E-state index contributed by atoms with van der Waals surface area (Å²) < 4.78 is 14.6. The first-order valence-corrected chi connectivity index (χ1v) is 11.5. The standard InChI is InChI=1S/C24H25FN4OS/c1-15-2-4-20(29-11-8-17-13-18(25)3-5-19(17)29)22-21(12-15)31-24(28-22)23(30)27-14-16-6-9-26-10-7-16/h2-5,12-13,16,26H,1,6-11,14H2,(H,27,30). The second kappa shape index (κ2) is 8.40. The second-order valence-electron chi connectivity index (χ2n) is 8.25. The van der Waals surface area contributed by atoms with E-state index in [9.17, 15) is 9.18 Å². The van der Waals surface area contributed by atoms with Gasteiger partial charge >= 0.3 is 0 Å². The second-order valence-corrected chi connectivity index (χ2v) is 9.28. The van der Waals surface area contributed by atoms with Crippen molar-refractivity contribution in [1.82, 2.24) is 15.6 Å². The van der Waals surface area contributed by atoms with Gasteiger partial charge in [0.25, 0.3) is 5.91 Å². The van der Waals surface area contributed by atoms with Crippen molar-refractivity contribution in [2.75, 3.05) is 31.1 Å². The number of halogens is 1. The largest absolute Gasteiger partial charge is 0.350 e. The maximum atomic E-state index is 13.7. The molecule has 1 aromatic heterocycles. The molecule has 160 valence electrons. The molecular weight excluding hydrogens is 411 g/mol. The van der Waals surface area contributed by atoms with E-state index >= 15 is 0 Å². The first-order chi connectivity index (χ1) is 15.1. The Labute approximate surface area is 184 Å². The van der Waals surface area contributed by atoms with Crippen LogP contribution in [0, 0.1) is 11.7 Å². The van der Waals surface area contributed by atoms with Crippen LogP contribution in [0.2, 0.25) is 0 Å². The number of fused-ring (bicyclic) bond motifs is 2. The fraction of sp³-hybridized carbons (Fsp3) is 0.333. The van der Waals surface area contributed by atoms with Crippen LogP contribution < -0.4 is 25.4 Å². The summed E-state index contributed by atoms with van der Waals surface area (Å²) in [5, 5.41) is 7.67. The average molecular weight is 437 g/mol. The number of allylic oxidation sites excluding steroid dienone is 2. The van der Waals surface area contributed by atoms with Gasteiger partial charge in [0.2, 0.25) is 0 Å². The third-order valence-electron chi connectivity index (χ3n) is 6.10. The summed E-state index contributed by atoms with van der Waals surface area (Å²) in [5.41, 5.74) is 3.76. The molecule has 0 spiro atoms. The van der Waals surface area contributed by atoms with E-state index in [1.165, 1.54) is 17.4 Å². The Morgan fingerprint density at radius 2 is 2.16 bits per heavy atom. The number of hydrogen-bond acceptors (Lipinski definition) is 5. The predicted octanol–water partition coefficient (Wildman–Crippen LogP) is 2.09. The van der Waals surface area contributed by atoms with Crippen molar-refractivity contribution in [3.05, 3.63) is 68.8 Å². The number of hydrogen-bond donors (Lipinski definition) is 2. The van der Waals surface area contributed by atoms with E-state index in [1.807, 2.05) is 24.3 Å². The summed E-state index contributed by atoms with van der Waals surface area (Å²) >= 11 is 1.39. The molecule has 31 heavy (non-hydrogen) atoms. The number of amides is 1. The third kappa shape index (κ3) is 4.07. The molecule has 5 nitrogen and oxygen atoms in total. The van der Waals surface area contributed by atoms with E-state index in [0.29, 0.717) is 17.5 Å². The highest BCUT2D eigenvalue weighted by atomic mass is 32.1. The Balaban J connectivity index is 1.48. The Kier molecular flexibility index (Phi) is 5.46. The van der Waals surface area contributed by atoms with Crippen LogP contribution in [0.5, 0.6) is 0 Å². The van der Waals surface area contributed by atoms with Crippen LogP contribution in [0.1, 0.15) is 28.2 Å². The number of benzene rings is 1. The fourth-order valence-corrected chi connectivity index (χ4v) is 5.40. The van der Waals surface area contributed by atoms with Gasteiger partial charge in [-0.2, -0.15) is 0 Å². The number of nitrogens with zero attached hydrogens (tertiary/aromatic N) is 2. The van der Waals surface area contributed by atoms with Crippen LogP contribution in [-0.2, 0) is 6.42 Å². The summed E-state index contributed by atoms with van der Waals surface area (Å²) in [5.74, 6) is 0.175. The van der Waals surface area contributed by atoms with Crippen LogP contribution in [-0.4, -0.2) is 37.1 Å². The number of nitrogens with one attached hydrogen (secondary N) is 2. The molecule has 5 rings (SSSR count). The minimum Gasteiger partial charge on any atom is -0.350 e. The van der Waals surface area contributed by atoms with Crippen molar-refractivity contribution in [3.63, 3.8) is 0 Å². The molecule has 2 aliphatic heterocycles. The molecular formula is C24H25FN4OS. The predicted molar refractivity (Wildman–Crippen MR) is 123 cm³/mol. The van der Waals surface area contributed by atoms with Crippen molar-refractivity contribution in [2.45, 2.75) is 19.3 Å². The fourth-order valence-electron chi connectivity index (χ4n) is 4.43. The summed E-state index contributed by atoms with van der Waals surface area (Å²) in [6.07, 6.45) is 8.88. The van der Waals surface area contributed by atoms with Crippen molar-refractivity contribution in [3.8, 4) is 0 Å². The van der Waals surface area contributed by atoms with Gasteiger partial charge in [0.1, 0.15) is 11.2 Å². The van der Waals surface area contributed by atoms with Crippen LogP contribution in [0.25, 0.3) is 11.8 Å². The van der Waals surface area contributed by atoms with E-state index < -0.39 is 0 Å². The molecule has 0 bridgehead atoms. The molecule has 2 aromatic rings. The molecule has 0 atom stereocenters. The molecule has 3 heterocycles. The maximum Gasteiger partial charge on any atom is 0.280 e. The Hall–Kier alpha value is -2.77. The molecule has 3 aliphatic rings. The quantitative estimate of drug-likeness (QED) is 0.771. The molecule has 0 saturated carbocycles. The number of piperidine rings is 1. The number of thiazole rings is 1. The molecule has 7 heteroatoms.